The van der Waals surface area contributed by atoms with Crippen LogP contribution in [0.4, 0.5) is 0 Å². The van der Waals surface area contributed by atoms with E-state index in [1.807, 2.05) is 13.8 Å². The Morgan fingerprint density at radius 3 is 1.73 bits per heavy atom. The van der Waals surface area contributed by atoms with Crippen molar-refractivity contribution in [1.82, 2.24) is 16.0 Å². The zero-order valence-corrected chi connectivity index (χ0v) is 20.5. The second-order valence-corrected chi connectivity index (χ2v) is 8.92. The lowest BCUT2D eigenvalue weighted by atomic mass is 9.97. The molecule has 0 saturated carbocycles. The third-order valence-corrected chi connectivity index (χ3v) is 5.90. The molecular weight excluding hydrogens is 430 g/mol. The van der Waals surface area contributed by atoms with Gasteiger partial charge in [0, 0.05) is 6.42 Å². The Bertz CT molecular complexity index is 699. The molecule has 0 aliphatic heterocycles. The van der Waals surface area contributed by atoms with E-state index in [-0.39, 0.29) is 30.6 Å². The van der Waals surface area contributed by atoms with Crippen LogP contribution < -0.4 is 27.4 Å². The molecule has 11 nitrogen and oxygen atoms in total. The number of primary amides is 1. The van der Waals surface area contributed by atoms with Crippen molar-refractivity contribution < 1.29 is 29.1 Å². The Hall–Kier alpha value is -2.69. The van der Waals surface area contributed by atoms with Crippen LogP contribution in [-0.2, 0) is 24.0 Å². The Morgan fingerprint density at radius 1 is 0.788 bits per heavy atom. The summed E-state index contributed by atoms with van der Waals surface area (Å²) in [7, 11) is 0. The largest absolute Gasteiger partial charge is 0.480 e. The Labute approximate surface area is 195 Å². The third-order valence-electron chi connectivity index (χ3n) is 5.90. The molecule has 0 aromatic rings. The van der Waals surface area contributed by atoms with Gasteiger partial charge in [-0.25, -0.2) is 4.79 Å². The molecule has 0 saturated heterocycles. The van der Waals surface area contributed by atoms with Crippen molar-refractivity contribution in [3.8, 4) is 0 Å². The molecule has 11 heteroatoms. The van der Waals surface area contributed by atoms with Crippen LogP contribution in [0.15, 0.2) is 0 Å². The topological polar surface area (TPSA) is 194 Å². The van der Waals surface area contributed by atoms with Crippen molar-refractivity contribution >= 4 is 29.6 Å². The van der Waals surface area contributed by atoms with E-state index in [0.717, 1.165) is 0 Å². The summed E-state index contributed by atoms with van der Waals surface area (Å²) in [6.07, 6.45) is 0.874. The number of nitrogens with two attached hydrogens (primary N) is 2. The molecule has 0 aromatic heterocycles. The second kappa shape index (κ2) is 14.5. The minimum atomic E-state index is -1.21. The fourth-order valence-electron chi connectivity index (χ4n) is 3.05. The maximum atomic E-state index is 13.0. The maximum Gasteiger partial charge on any atom is 0.326 e. The number of hydrogen-bond donors (Lipinski definition) is 6. The Kier molecular flexibility index (Phi) is 13.3. The smallest absolute Gasteiger partial charge is 0.326 e. The minimum Gasteiger partial charge on any atom is -0.480 e. The highest BCUT2D eigenvalue weighted by molar-refractivity contribution is 5.94. The third kappa shape index (κ3) is 10.2. The van der Waals surface area contributed by atoms with Crippen LogP contribution in [0.5, 0.6) is 0 Å². The van der Waals surface area contributed by atoms with Gasteiger partial charge in [0.15, 0.2) is 0 Å². The summed E-state index contributed by atoms with van der Waals surface area (Å²) >= 11 is 0. The first-order valence-corrected chi connectivity index (χ1v) is 11.4. The monoisotopic (exact) mass is 471 g/mol. The van der Waals surface area contributed by atoms with Gasteiger partial charge in [-0.3, -0.25) is 19.2 Å². The normalized spacial score (nSPS) is 16.6. The van der Waals surface area contributed by atoms with Crippen LogP contribution in [0.2, 0.25) is 0 Å². The van der Waals surface area contributed by atoms with E-state index in [9.17, 15) is 29.1 Å². The number of nitrogens with one attached hydrogen (secondary N) is 3. The molecular formula is C22H41N5O6. The highest BCUT2D eigenvalue weighted by Crippen LogP contribution is 2.11. The zero-order chi connectivity index (χ0) is 25.9. The second-order valence-electron chi connectivity index (χ2n) is 8.92. The number of rotatable bonds is 15. The van der Waals surface area contributed by atoms with Crippen molar-refractivity contribution in [3.63, 3.8) is 0 Å². The summed E-state index contributed by atoms with van der Waals surface area (Å²) in [6, 6.07) is -4.16. The molecule has 0 radical (unpaired) electrons. The molecule has 0 aromatic carbocycles. The SMILES string of the molecule is CCC(C)C(N)C(=O)NC(C(=O)NC(CCC(N)=O)C(=O)NC(C(=O)O)C(C)CC)C(C)C. The summed E-state index contributed by atoms with van der Waals surface area (Å²) in [4.78, 5) is 61.1. The van der Waals surface area contributed by atoms with E-state index in [2.05, 4.69) is 16.0 Å². The average Bonchev–Trinajstić information content (AvgIpc) is 2.75. The Morgan fingerprint density at radius 2 is 1.30 bits per heavy atom. The minimum absolute atomic E-state index is 0.0940. The fourth-order valence-corrected chi connectivity index (χ4v) is 3.05. The van der Waals surface area contributed by atoms with Crippen LogP contribution >= 0.6 is 0 Å². The highest BCUT2D eigenvalue weighted by Gasteiger charge is 2.33. The van der Waals surface area contributed by atoms with Crippen LogP contribution in [-0.4, -0.2) is 58.9 Å². The van der Waals surface area contributed by atoms with Crippen molar-refractivity contribution in [1.29, 1.82) is 0 Å². The first-order chi connectivity index (χ1) is 15.3. The zero-order valence-electron chi connectivity index (χ0n) is 20.5. The van der Waals surface area contributed by atoms with Gasteiger partial charge in [0.05, 0.1) is 6.04 Å². The van der Waals surface area contributed by atoms with Crippen LogP contribution in [0.1, 0.15) is 67.2 Å². The summed E-state index contributed by atoms with van der Waals surface area (Å²) in [5, 5.41) is 17.0. The van der Waals surface area contributed by atoms with Crippen molar-refractivity contribution in [2.24, 2.45) is 29.2 Å². The van der Waals surface area contributed by atoms with Gasteiger partial charge in [-0.05, 0) is 24.2 Å². The predicted octanol–water partition coefficient (Wildman–Crippen LogP) is -0.134. The lowest BCUT2D eigenvalue weighted by molar-refractivity contribution is -0.144. The molecule has 6 atom stereocenters. The predicted molar refractivity (Wildman–Crippen MR) is 124 cm³/mol. The van der Waals surface area contributed by atoms with E-state index >= 15 is 0 Å². The lowest BCUT2D eigenvalue weighted by Crippen LogP contribution is -2.59. The molecule has 0 rings (SSSR count). The number of carboxylic acid groups (broad SMARTS) is 1. The molecule has 4 amide bonds. The fraction of sp³-hybridized carbons (Fsp3) is 0.773. The van der Waals surface area contributed by atoms with E-state index in [4.69, 9.17) is 11.5 Å². The van der Waals surface area contributed by atoms with Crippen LogP contribution in [0.3, 0.4) is 0 Å². The van der Waals surface area contributed by atoms with Gasteiger partial charge >= 0.3 is 5.97 Å². The summed E-state index contributed by atoms with van der Waals surface area (Å²) in [5.74, 6) is -4.54. The number of carbonyl (C=O) groups excluding carboxylic acids is 4. The molecule has 0 aliphatic carbocycles. The standard InChI is InChI=1S/C22H41N5O6/c1-7-12(5)16(24)20(30)26-17(11(3)4)21(31)25-14(9-10-15(23)28)19(29)27-18(22(32)33)13(6)8-2/h11-14,16-18H,7-10,24H2,1-6H3,(H2,23,28)(H,25,31)(H,26,30)(H,27,29)(H,32,33). The van der Waals surface area contributed by atoms with Gasteiger partial charge in [0.25, 0.3) is 0 Å². The molecule has 8 N–H and O–H groups in total. The summed E-state index contributed by atoms with van der Waals surface area (Å²) in [6.45, 7) is 10.6. The molecule has 6 unspecified atom stereocenters. The van der Waals surface area contributed by atoms with Crippen molar-refractivity contribution in [2.45, 2.75) is 91.4 Å². The van der Waals surface area contributed by atoms with Gasteiger partial charge < -0.3 is 32.5 Å². The number of amides is 4. The number of hydrogen-bond acceptors (Lipinski definition) is 6. The van der Waals surface area contributed by atoms with Gasteiger partial charge in [-0.1, -0.05) is 54.4 Å². The lowest BCUT2D eigenvalue weighted by Gasteiger charge is -2.28. The number of carboxylic acids is 1. The summed E-state index contributed by atoms with van der Waals surface area (Å²) < 4.78 is 0. The van der Waals surface area contributed by atoms with E-state index in [1.54, 1.807) is 27.7 Å². The quantitative estimate of drug-likeness (QED) is 0.191. The van der Waals surface area contributed by atoms with E-state index in [0.29, 0.717) is 12.8 Å². The maximum absolute atomic E-state index is 13.0. The molecule has 190 valence electrons. The molecule has 0 fully saturated rings. The molecule has 0 bridgehead atoms. The van der Waals surface area contributed by atoms with Crippen molar-refractivity contribution in [2.75, 3.05) is 0 Å². The van der Waals surface area contributed by atoms with Crippen LogP contribution in [0.25, 0.3) is 0 Å². The number of carbonyl (C=O) groups is 5. The average molecular weight is 472 g/mol. The van der Waals surface area contributed by atoms with E-state index in [1.165, 1.54) is 0 Å². The van der Waals surface area contributed by atoms with Crippen LogP contribution in [0, 0.1) is 17.8 Å². The van der Waals surface area contributed by atoms with Gasteiger partial charge in [-0.2, -0.15) is 0 Å². The number of aliphatic carboxylic acids is 1. The molecule has 0 spiro atoms. The first-order valence-electron chi connectivity index (χ1n) is 11.4. The highest BCUT2D eigenvalue weighted by atomic mass is 16.4. The Balaban J connectivity index is 5.58. The molecule has 33 heavy (non-hydrogen) atoms. The first kappa shape index (κ1) is 30.3. The van der Waals surface area contributed by atoms with Crippen molar-refractivity contribution in [3.05, 3.63) is 0 Å². The molecule has 0 heterocycles. The van der Waals surface area contributed by atoms with E-state index < -0.39 is 53.8 Å². The van der Waals surface area contributed by atoms with Gasteiger partial charge in [-0.15, -0.1) is 0 Å². The summed E-state index contributed by atoms with van der Waals surface area (Å²) in [5.41, 5.74) is 11.2. The van der Waals surface area contributed by atoms with Gasteiger partial charge in [0.1, 0.15) is 18.1 Å². The van der Waals surface area contributed by atoms with Gasteiger partial charge in [0.2, 0.25) is 23.6 Å². The molecule has 0 aliphatic rings.